The van der Waals surface area contributed by atoms with Crippen molar-refractivity contribution in [3.8, 4) is 0 Å². The molecule has 0 aromatic heterocycles. The van der Waals surface area contributed by atoms with Crippen molar-refractivity contribution in [2.75, 3.05) is 0 Å². The van der Waals surface area contributed by atoms with Crippen molar-refractivity contribution in [1.29, 1.82) is 0 Å². The highest BCUT2D eigenvalue weighted by molar-refractivity contribution is 9.08. The Labute approximate surface area is 89.9 Å². The van der Waals surface area contributed by atoms with Gasteiger partial charge in [0.2, 0.25) is 0 Å². The van der Waals surface area contributed by atoms with Gasteiger partial charge < -0.3 is 0 Å². The van der Waals surface area contributed by atoms with E-state index >= 15 is 0 Å². The molecule has 0 bridgehead atoms. The highest BCUT2D eigenvalue weighted by Crippen LogP contribution is 2.26. The Kier molecular flexibility index (Phi) is 3.71. The summed E-state index contributed by atoms with van der Waals surface area (Å²) in [5, 5.41) is 0.561. The molecule has 0 saturated carbocycles. The van der Waals surface area contributed by atoms with Crippen LogP contribution in [0, 0.1) is 0 Å². The van der Waals surface area contributed by atoms with Gasteiger partial charge in [-0.25, -0.2) is 4.21 Å². The van der Waals surface area contributed by atoms with E-state index < -0.39 is 16.3 Å². The molecule has 0 saturated heterocycles. The Balaban J connectivity index is 2.93. The Hall–Kier alpha value is -0.360. The van der Waals surface area contributed by atoms with Crippen molar-refractivity contribution in [2.45, 2.75) is 15.7 Å². The fraction of sp³-hybridized carbons (Fsp3) is 0.250. The van der Waals surface area contributed by atoms with Gasteiger partial charge in [0, 0.05) is 10.2 Å². The summed E-state index contributed by atoms with van der Waals surface area (Å²) in [5.74, 6) is 0. The van der Waals surface area contributed by atoms with Crippen molar-refractivity contribution in [3.05, 3.63) is 29.8 Å². The lowest BCUT2D eigenvalue weighted by atomic mass is 10.2. The van der Waals surface area contributed by atoms with Gasteiger partial charge in [0.25, 0.3) is 0 Å². The highest BCUT2D eigenvalue weighted by atomic mass is 79.9. The van der Waals surface area contributed by atoms with Gasteiger partial charge in [0.15, 0.2) is 10.8 Å². The van der Waals surface area contributed by atoms with Crippen molar-refractivity contribution >= 4 is 26.7 Å². The summed E-state index contributed by atoms with van der Waals surface area (Å²) in [6.45, 7) is 0. The van der Waals surface area contributed by atoms with Crippen LogP contribution in [-0.4, -0.2) is 9.72 Å². The third-order valence-electron chi connectivity index (χ3n) is 1.50. The fourth-order valence-electron chi connectivity index (χ4n) is 0.836. The van der Waals surface area contributed by atoms with Gasteiger partial charge in [-0.2, -0.15) is 13.2 Å². The Bertz CT molecular complexity index is 333. The summed E-state index contributed by atoms with van der Waals surface area (Å²) in [6.07, 6.45) is 0. The SMILES string of the molecule is O=S(c1ccc(CBr)cc1)C(F)(F)F. The lowest BCUT2D eigenvalue weighted by Gasteiger charge is -2.05. The lowest BCUT2D eigenvalue weighted by molar-refractivity contribution is -0.0384. The maximum Gasteiger partial charge on any atom is 0.475 e. The second-order valence-corrected chi connectivity index (χ2v) is 4.52. The summed E-state index contributed by atoms with van der Waals surface area (Å²) < 4.78 is 46.9. The van der Waals surface area contributed by atoms with Gasteiger partial charge in [-0.3, -0.25) is 0 Å². The first kappa shape index (κ1) is 11.7. The minimum Gasteiger partial charge on any atom is -0.245 e. The molecule has 1 aromatic carbocycles. The fourth-order valence-corrected chi connectivity index (χ4v) is 1.86. The molecule has 0 heterocycles. The van der Waals surface area contributed by atoms with Crippen LogP contribution < -0.4 is 0 Å². The van der Waals surface area contributed by atoms with E-state index in [0.717, 1.165) is 5.56 Å². The average Bonchev–Trinajstić information content (AvgIpc) is 2.15. The van der Waals surface area contributed by atoms with E-state index in [1.54, 1.807) is 0 Å². The molecule has 0 aliphatic heterocycles. The van der Waals surface area contributed by atoms with Crippen molar-refractivity contribution in [2.24, 2.45) is 0 Å². The van der Waals surface area contributed by atoms with Crippen LogP contribution in [0.15, 0.2) is 29.2 Å². The first-order chi connectivity index (χ1) is 6.45. The molecule has 14 heavy (non-hydrogen) atoms. The van der Waals surface area contributed by atoms with Gasteiger partial charge in [0.1, 0.15) is 0 Å². The molecular formula is C8H6BrF3OS. The topological polar surface area (TPSA) is 17.1 Å². The van der Waals surface area contributed by atoms with Crippen LogP contribution in [0.5, 0.6) is 0 Å². The van der Waals surface area contributed by atoms with Crippen LogP contribution in [0.2, 0.25) is 0 Å². The number of hydrogen-bond acceptors (Lipinski definition) is 1. The van der Waals surface area contributed by atoms with Crippen LogP contribution in [-0.2, 0) is 16.1 Å². The number of benzene rings is 1. The third-order valence-corrected chi connectivity index (χ3v) is 3.27. The van der Waals surface area contributed by atoms with E-state index in [9.17, 15) is 17.4 Å². The smallest absolute Gasteiger partial charge is 0.245 e. The summed E-state index contributed by atoms with van der Waals surface area (Å²) in [4.78, 5) is -0.220. The predicted octanol–water partition coefficient (Wildman–Crippen LogP) is 3.21. The van der Waals surface area contributed by atoms with E-state index in [1.165, 1.54) is 24.3 Å². The van der Waals surface area contributed by atoms with E-state index in [1.807, 2.05) is 0 Å². The zero-order chi connectivity index (χ0) is 10.8. The van der Waals surface area contributed by atoms with E-state index in [-0.39, 0.29) is 4.90 Å². The van der Waals surface area contributed by atoms with Crippen molar-refractivity contribution in [1.82, 2.24) is 0 Å². The average molecular weight is 287 g/mol. The second kappa shape index (κ2) is 4.44. The van der Waals surface area contributed by atoms with Gasteiger partial charge in [0.05, 0.1) is 0 Å². The molecule has 1 nitrogen and oxygen atoms in total. The zero-order valence-electron chi connectivity index (χ0n) is 6.84. The molecule has 0 radical (unpaired) electrons. The molecule has 0 aliphatic rings. The van der Waals surface area contributed by atoms with Gasteiger partial charge in [-0.1, -0.05) is 28.1 Å². The monoisotopic (exact) mass is 286 g/mol. The number of hydrogen-bond donors (Lipinski definition) is 0. The standard InChI is InChI=1S/C8H6BrF3OS/c9-5-6-1-3-7(4-2-6)14(13)8(10,11)12/h1-4H,5H2. The molecule has 0 amide bonds. The molecule has 0 aliphatic carbocycles. The quantitative estimate of drug-likeness (QED) is 0.763. The molecule has 78 valence electrons. The Morgan fingerprint density at radius 1 is 1.21 bits per heavy atom. The molecule has 1 atom stereocenters. The molecule has 0 N–H and O–H groups in total. The van der Waals surface area contributed by atoms with Gasteiger partial charge >= 0.3 is 5.51 Å². The van der Waals surface area contributed by atoms with E-state index in [4.69, 9.17) is 0 Å². The minimum absolute atomic E-state index is 0.220. The van der Waals surface area contributed by atoms with Crippen LogP contribution >= 0.6 is 15.9 Å². The maximum absolute atomic E-state index is 12.0. The van der Waals surface area contributed by atoms with Gasteiger partial charge in [-0.15, -0.1) is 0 Å². The first-order valence-electron chi connectivity index (χ1n) is 3.58. The van der Waals surface area contributed by atoms with Crippen molar-refractivity contribution in [3.63, 3.8) is 0 Å². The number of halogens is 4. The Morgan fingerprint density at radius 3 is 2.07 bits per heavy atom. The highest BCUT2D eigenvalue weighted by Gasteiger charge is 2.37. The third kappa shape index (κ3) is 2.81. The zero-order valence-corrected chi connectivity index (χ0v) is 9.25. The largest absolute Gasteiger partial charge is 0.475 e. The first-order valence-corrected chi connectivity index (χ1v) is 5.86. The lowest BCUT2D eigenvalue weighted by Crippen LogP contribution is -2.16. The molecular weight excluding hydrogens is 281 g/mol. The molecule has 1 rings (SSSR count). The summed E-state index contributed by atoms with van der Waals surface area (Å²) in [6, 6.07) is 5.46. The summed E-state index contributed by atoms with van der Waals surface area (Å²) in [5.41, 5.74) is -3.84. The minimum atomic E-state index is -4.68. The van der Waals surface area contributed by atoms with Crippen LogP contribution in [0.3, 0.4) is 0 Å². The van der Waals surface area contributed by atoms with Gasteiger partial charge in [-0.05, 0) is 17.7 Å². The summed E-state index contributed by atoms with van der Waals surface area (Å²) in [7, 11) is -2.93. The molecule has 1 aromatic rings. The molecule has 1 unspecified atom stereocenters. The van der Waals surface area contributed by atoms with E-state index in [0.29, 0.717) is 5.33 Å². The van der Waals surface area contributed by atoms with Crippen LogP contribution in [0.4, 0.5) is 13.2 Å². The number of rotatable bonds is 2. The molecule has 6 heteroatoms. The van der Waals surface area contributed by atoms with Crippen LogP contribution in [0.25, 0.3) is 0 Å². The van der Waals surface area contributed by atoms with Crippen LogP contribution in [0.1, 0.15) is 5.56 Å². The molecule has 0 fully saturated rings. The maximum atomic E-state index is 12.0. The van der Waals surface area contributed by atoms with E-state index in [2.05, 4.69) is 15.9 Å². The normalized spacial score (nSPS) is 14.0. The predicted molar refractivity (Wildman–Crippen MR) is 51.5 cm³/mol. The molecule has 0 spiro atoms. The Morgan fingerprint density at radius 2 is 1.71 bits per heavy atom. The summed E-state index contributed by atoms with van der Waals surface area (Å²) >= 11 is 3.16. The second-order valence-electron chi connectivity index (χ2n) is 2.49. The number of alkyl halides is 4. The van der Waals surface area contributed by atoms with Crippen molar-refractivity contribution < 1.29 is 17.4 Å².